The molecule has 0 saturated carbocycles. The first-order chi connectivity index (χ1) is 10.3. The summed E-state index contributed by atoms with van der Waals surface area (Å²) in [5.74, 6) is 1.94. The summed E-state index contributed by atoms with van der Waals surface area (Å²) < 4.78 is 5.33. The lowest BCUT2D eigenvalue weighted by Gasteiger charge is -2.21. The van der Waals surface area contributed by atoms with E-state index in [4.69, 9.17) is 4.42 Å². The highest BCUT2D eigenvalue weighted by molar-refractivity contribution is 14.0. The van der Waals surface area contributed by atoms with Crippen LogP contribution in [-0.2, 0) is 12.8 Å². The molecule has 0 fully saturated rings. The van der Waals surface area contributed by atoms with E-state index in [2.05, 4.69) is 46.7 Å². The Kier molecular flexibility index (Phi) is 9.22. The van der Waals surface area contributed by atoms with E-state index < -0.39 is 0 Å². The van der Waals surface area contributed by atoms with Gasteiger partial charge in [-0.05, 0) is 36.9 Å². The molecule has 2 heterocycles. The molecular formula is C16H24IN3OS. The van der Waals surface area contributed by atoms with Gasteiger partial charge in [-0.1, -0.05) is 6.07 Å². The Hall–Kier alpha value is -1.02. The van der Waals surface area contributed by atoms with Gasteiger partial charge in [-0.2, -0.15) is 0 Å². The van der Waals surface area contributed by atoms with Crippen molar-refractivity contribution < 1.29 is 4.42 Å². The summed E-state index contributed by atoms with van der Waals surface area (Å²) in [6.07, 6.45) is 3.59. The number of likely N-dealkylation sites (N-methyl/N-ethyl adjacent to an activating group) is 1. The van der Waals surface area contributed by atoms with E-state index in [0.29, 0.717) is 0 Å². The van der Waals surface area contributed by atoms with Crippen molar-refractivity contribution in [3.8, 4) is 0 Å². The molecule has 0 atom stereocenters. The number of nitrogens with zero attached hydrogens (tertiary/aromatic N) is 2. The topological polar surface area (TPSA) is 40.8 Å². The van der Waals surface area contributed by atoms with E-state index in [-0.39, 0.29) is 24.0 Å². The van der Waals surface area contributed by atoms with E-state index in [1.54, 1.807) is 17.6 Å². The summed E-state index contributed by atoms with van der Waals surface area (Å²) >= 11 is 1.81. The van der Waals surface area contributed by atoms with Crippen LogP contribution >= 0.6 is 35.3 Å². The van der Waals surface area contributed by atoms with Crippen LogP contribution in [0.5, 0.6) is 0 Å². The average molecular weight is 433 g/mol. The molecule has 2 rings (SSSR count). The summed E-state index contributed by atoms with van der Waals surface area (Å²) in [5.41, 5.74) is 0. The number of halogens is 1. The van der Waals surface area contributed by atoms with Gasteiger partial charge in [-0.3, -0.25) is 4.99 Å². The Morgan fingerprint density at radius 1 is 1.32 bits per heavy atom. The lowest BCUT2D eigenvalue weighted by Crippen LogP contribution is -2.40. The van der Waals surface area contributed by atoms with Crippen molar-refractivity contribution in [1.29, 1.82) is 0 Å². The van der Waals surface area contributed by atoms with Gasteiger partial charge in [0, 0.05) is 38.0 Å². The highest BCUT2D eigenvalue weighted by Gasteiger charge is 2.06. The predicted molar refractivity (Wildman–Crippen MR) is 104 cm³/mol. The van der Waals surface area contributed by atoms with Crippen molar-refractivity contribution in [3.63, 3.8) is 0 Å². The first-order valence-electron chi connectivity index (χ1n) is 7.33. The second-order valence-corrected chi connectivity index (χ2v) is 5.85. The number of nitrogens with one attached hydrogen (secondary N) is 1. The van der Waals surface area contributed by atoms with E-state index in [1.807, 2.05) is 12.1 Å². The SMILES string of the molecule is CCNC(=NCCc1ccco1)N(C)CCc1cccs1.I. The fourth-order valence-corrected chi connectivity index (χ4v) is 2.73. The van der Waals surface area contributed by atoms with Gasteiger partial charge in [0.15, 0.2) is 5.96 Å². The van der Waals surface area contributed by atoms with E-state index in [1.165, 1.54) is 4.88 Å². The maximum Gasteiger partial charge on any atom is 0.193 e. The monoisotopic (exact) mass is 433 g/mol. The molecule has 0 aromatic carbocycles. The van der Waals surface area contributed by atoms with Gasteiger partial charge >= 0.3 is 0 Å². The number of furan rings is 1. The summed E-state index contributed by atoms with van der Waals surface area (Å²) in [6, 6.07) is 8.18. The molecule has 0 saturated heterocycles. The fraction of sp³-hybridized carbons (Fsp3) is 0.438. The van der Waals surface area contributed by atoms with Crippen LogP contribution in [0.3, 0.4) is 0 Å². The molecule has 0 radical (unpaired) electrons. The number of aliphatic imine (C=N–C) groups is 1. The Morgan fingerprint density at radius 3 is 2.82 bits per heavy atom. The highest BCUT2D eigenvalue weighted by Crippen LogP contribution is 2.09. The molecule has 2 aromatic rings. The summed E-state index contributed by atoms with van der Waals surface area (Å²) in [4.78, 5) is 8.26. The summed E-state index contributed by atoms with van der Waals surface area (Å²) in [5, 5.41) is 5.46. The van der Waals surface area contributed by atoms with Gasteiger partial charge in [-0.25, -0.2) is 0 Å². The molecule has 1 N–H and O–H groups in total. The number of rotatable bonds is 7. The summed E-state index contributed by atoms with van der Waals surface area (Å²) in [7, 11) is 2.09. The van der Waals surface area contributed by atoms with Gasteiger partial charge in [0.2, 0.25) is 0 Å². The van der Waals surface area contributed by atoms with Crippen LogP contribution in [0.2, 0.25) is 0 Å². The number of hydrogen-bond donors (Lipinski definition) is 1. The molecule has 2 aromatic heterocycles. The van der Waals surface area contributed by atoms with Crippen LogP contribution in [0, 0.1) is 0 Å². The molecule has 0 spiro atoms. The number of thiophene rings is 1. The minimum Gasteiger partial charge on any atom is -0.469 e. The standard InChI is InChI=1S/C16H23N3OS.HI/c1-3-17-16(18-10-8-14-6-4-12-20-14)19(2)11-9-15-7-5-13-21-15;/h4-7,12-13H,3,8-11H2,1-2H3,(H,17,18);1H. The van der Waals surface area contributed by atoms with Gasteiger partial charge in [0.05, 0.1) is 6.26 Å². The first-order valence-corrected chi connectivity index (χ1v) is 8.21. The van der Waals surface area contributed by atoms with Crippen LogP contribution < -0.4 is 5.32 Å². The Balaban J connectivity index is 0.00000242. The average Bonchev–Trinajstić information content (AvgIpc) is 3.17. The molecule has 0 bridgehead atoms. The molecule has 6 heteroatoms. The normalized spacial score (nSPS) is 11.1. The molecule has 0 unspecified atom stereocenters. The molecule has 122 valence electrons. The van der Waals surface area contributed by atoms with Crippen LogP contribution in [0.15, 0.2) is 45.3 Å². The fourth-order valence-electron chi connectivity index (χ4n) is 2.04. The maximum atomic E-state index is 5.33. The smallest absolute Gasteiger partial charge is 0.193 e. The van der Waals surface area contributed by atoms with Crippen molar-refractivity contribution in [1.82, 2.24) is 10.2 Å². The third-order valence-electron chi connectivity index (χ3n) is 3.17. The van der Waals surface area contributed by atoms with Crippen LogP contribution in [0.25, 0.3) is 0 Å². The third kappa shape index (κ3) is 6.39. The maximum absolute atomic E-state index is 5.33. The Labute approximate surface area is 153 Å². The van der Waals surface area contributed by atoms with Gasteiger partial charge in [0.25, 0.3) is 0 Å². The Bertz CT molecular complexity index is 526. The second kappa shape index (κ2) is 10.7. The largest absolute Gasteiger partial charge is 0.469 e. The van der Waals surface area contributed by atoms with Crippen molar-refractivity contribution in [2.45, 2.75) is 19.8 Å². The minimum absolute atomic E-state index is 0. The molecule has 0 aliphatic carbocycles. The van der Waals surface area contributed by atoms with Crippen LogP contribution in [-0.4, -0.2) is 37.5 Å². The van der Waals surface area contributed by atoms with E-state index >= 15 is 0 Å². The minimum atomic E-state index is 0. The van der Waals surface area contributed by atoms with Gasteiger partial charge in [0.1, 0.15) is 5.76 Å². The third-order valence-corrected chi connectivity index (χ3v) is 4.11. The summed E-state index contributed by atoms with van der Waals surface area (Å²) in [6.45, 7) is 4.67. The van der Waals surface area contributed by atoms with Gasteiger partial charge in [-0.15, -0.1) is 35.3 Å². The molecular weight excluding hydrogens is 409 g/mol. The van der Waals surface area contributed by atoms with Crippen molar-refractivity contribution in [2.75, 3.05) is 26.7 Å². The van der Waals surface area contributed by atoms with Gasteiger partial charge < -0.3 is 14.6 Å². The zero-order valence-electron chi connectivity index (χ0n) is 13.1. The lowest BCUT2D eigenvalue weighted by atomic mass is 10.3. The van der Waals surface area contributed by atoms with Crippen molar-refractivity contribution in [2.24, 2.45) is 4.99 Å². The highest BCUT2D eigenvalue weighted by atomic mass is 127. The molecule has 0 amide bonds. The molecule has 0 aliphatic rings. The zero-order chi connectivity index (χ0) is 14.9. The first kappa shape index (κ1) is 19.0. The second-order valence-electron chi connectivity index (χ2n) is 4.82. The molecule has 22 heavy (non-hydrogen) atoms. The number of guanidine groups is 1. The van der Waals surface area contributed by atoms with Crippen molar-refractivity contribution in [3.05, 3.63) is 46.5 Å². The molecule has 0 aliphatic heterocycles. The van der Waals surface area contributed by atoms with E-state index in [0.717, 1.165) is 44.2 Å². The predicted octanol–water partition coefficient (Wildman–Crippen LogP) is 3.64. The van der Waals surface area contributed by atoms with E-state index in [9.17, 15) is 0 Å². The Morgan fingerprint density at radius 2 is 2.18 bits per heavy atom. The quantitative estimate of drug-likeness (QED) is 0.412. The van der Waals surface area contributed by atoms with Crippen LogP contribution in [0.1, 0.15) is 17.6 Å². The lowest BCUT2D eigenvalue weighted by molar-refractivity contribution is 0.483. The van der Waals surface area contributed by atoms with Crippen LogP contribution in [0.4, 0.5) is 0 Å². The zero-order valence-corrected chi connectivity index (χ0v) is 16.3. The molecule has 4 nitrogen and oxygen atoms in total. The number of hydrogen-bond acceptors (Lipinski definition) is 3. The van der Waals surface area contributed by atoms with Crippen molar-refractivity contribution >= 4 is 41.3 Å².